The molecule has 0 spiro atoms. The molecule has 1 aromatic rings. The predicted octanol–water partition coefficient (Wildman–Crippen LogP) is 3.61. The summed E-state index contributed by atoms with van der Waals surface area (Å²) in [4.78, 5) is 38.2. The molecule has 1 heterocycles. The van der Waals surface area contributed by atoms with Crippen LogP contribution in [-0.4, -0.2) is 34.3 Å². The van der Waals surface area contributed by atoms with Gasteiger partial charge in [-0.2, -0.15) is 5.01 Å². The average Bonchev–Trinajstić information content (AvgIpc) is 2.95. The van der Waals surface area contributed by atoms with Crippen molar-refractivity contribution < 1.29 is 14.4 Å². The number of carbonyl (C=O) groups excluding carboxylic acids is 3. The molecular formula is C21H21ClN2O3. The van der Waals surface area contributed by atoms with Crippen molar-refractivity contribution in [2.75, 3.05) is 6.54 Å². The van der Waals surface area contributed by atoms with Gasteiger partial charge in [0.2, 0.25) is 0 Å². The van der Waals surface area contributed by atoms with Gasteiger partial charge in [0.15, 0.2) is 0 Å². The molecule has 6 heteroatoms. The van der Waals surface area contributed by atoms with Crippen LogP contribution in [-0.2, 0) is 20.3 Å². The number of imide groups is 1. The molecule has 0 atom stereocenters. The first kappa shape index (κ1) is 19.1. The van der Waals surface area contributed by atoms with Crippen molar-refractivity contribution >= 4 is 35.4 Å². The highest BCUT2D eigenvalue weighted by Gasteiger charge is 2.42. The molecule has 3 rings (SSSR count). The second kappa shape index (κ2) is 8.35. The maximum absolute atomic E-state index is 12.8. The van der Waals surface area contributed by atoms with Crippen LogP contribution in [0.2, 0.25) is 0 Å². The number of hydrogen-bond acceptors (Lipinski definition) is 3. The number of hydrazine groups is 1. The quantitative estimate of drug-likeness (QED) is 0.326. The molecule has 0 saturated carbocycles. The van der Waals surface area contributed by atoms with Gasteiger partial charge in [0.05, 0.1) is 6.54 Å². The van der Waals surface area contributed by atoms with Crippen molar-refractivity contribution in [2.24, 2.45) is 0 Å². The second-order valence-corrected chi connectivity index (χ2v) is 6.73. The predicted molar refractivity (Wildman–Crippen MR) is 104 cm³/mol. The number of nitrogens with zero attached hydrogens (tertiary/aromatic N) is 2. The Morgan fingerprint density at radius 3 is 2.37 bits per heavy atom. The van der Waals surface area contributed by atoms with Gasteiger partial charge in [-0.15, -0.1) is 18.2 Å². The van der Waals surface area contributed by atoms with E-state index in [1.807, 2.05) is 24.3 Å². The zero-order chi connectivity index (χ0) is 19.4. The van der Waals surface area contributed by atoms with Gasteiger partial charge in [0.1, 0.15) is 0 Å². The van der Waals surface area contributed by atoms with Crippen molar-refractivity contribution in [3.8, 4) is 0 Å². The molecule has 0 fully saturated rings. The number of carbonyl (C=O) groups is 3. The molecule has 0 aromatic heterocycles. The highest BCUT2D eigenvalue weighted by molar-refractivity contribution is 6.20. The summed E-state index contributed by atoms with van der Waals surface area (Å²) < 4.78 is 0. The van der Waals surface area contributed by atoms with E-state index in [1.165, 1.54) is 12.2 Å². The van der Waals surface area contributed by atoms with E-state index < -0.39 is 5.91 Å². The first-order valence-corrected chi connectivity index (χ1v) is 9.47. The lowest BCUT2D eigenvalue weighted by atomic mass is 9.93. The van der Waals surface area contributed by atoms with E-state index in [0.29, 0.717) is 29.9 Å². The van der Waals surface area contributed by atoms with E-state index in [0.717, 1.165) is 34.0 Å². The van der Waals surface area contributed by atoms with Gasteiger partial charge in [0, 0.05) is 23.1 Å². The van der Waals surface area contributed by atoms with Crippen molar-refractivity contribution in [3.63, 3.8) is 0 Å². The van der Waals surface area contributed by atoms with E-state index in [-0.39, 0.29) is 18.4 Å². The summed E-state index contributed by atoms with van der Waals surface area (Å²) >= 11 is 5.93. The Hall–Kier alpha value is -2.66. The maximum Gasteiger partial charge on any atom is 0.276 e. The van der Waals surface area contributed by atoms with Crippen LogP contribution < -0.4 is 0 Å². The van der Waals surface area contributed by atoms with Crippen LogP contribution in [0.5, 0.6) is 0 Å². The van der Waals surface area contributed by atoms with E-state index in [2.05, 4.69) is 6.58 Å². The third-order valence-electron chi connectivity index (χ3n) is 4.77. The Balaban J connectivity index is 1.84. The Morgan fingerprint density at radius 1 is 1.15 bits per heavy atom. The highest BCUT2D eigenvalue weighted by atomic mass is 35.5. The number of halogens is 1. The molecule has 5 nitrogen and oxygen atoms in total. The van der Waals surface area contributed by atoms with Crippen LogP contribution in [0.25, 0.3) is 6.08 Å². The Morgan fingerprint density at radius 2 is 1.78 bits per heavy atom. The van der Waals surface area contributed by atoms with E-state index in [1.54, 1.807) is 6.08 Å². The molecule has 0 radical (unpaired) electrons. The van der Waals surface area contributed by atoms with Crippen molar-refractivity contribution in [3.05, 3.63) is 65.3 Å². The van der Waals surface area contributed by atoms with Crippen LogP contribution >= 0.6 is 11.6 Å². The number of hydrogen-bond donors (Lipinski definition) is 0. The third kappa shape index (κ3) is 3.74. The van der Waals surface area contributed by atoms with Crippen molar-refractivity contribution in [2.45, 2.75) is 31.6 Å². The van der Waals surface area contributed by atoms with Gasteiger partial charge in [-0.25, -0.2) is 5.01 Å². The summed E-state index contributed by atoms with van der Waals surface area (Å²) in [5.41, 5.74) is 2.80. The first-order valence-electron chi connectivity index (χ1n) is 8.93. The van der Waals surface area contributed by atoms with Crippen LogP contribution in [0.1, 0.15) is 36.8 Å². The lowest BCUT2D eigenvalue weighted by Crippen LogP contribution is -2.50. The Kier molecular flexibility index (Phi) is 5.91. The molecule has 1 aliphatic heterocycles. The Labute approximate surface area is 163 Å². The zero-order valence-corrected chi connectivity index (χ0v) is 15.7. The van der Waals surface area contributed by atoms with Crippen LogP contribution in [0.3, 0.4) is 0 Å². The van der Waals surface area contributed by atoms with E-state index in [4.69, 9.17) is 11.6 Å². The SMILES string of the molecule is C=CCN(C(=O)/C=C/c1ccccc1CCl)N1C(=O)C2=C(CCCC2)C1=O. The van der Waals surface area contributed by atoms with E-state index >= 15 is 0 Å². The molecule has 0 bridgehead atoms. The van der Waals surface area contributed by atoms with Crippen molar-refractivity contribution in [1.29, 1.82) is 0 Å². The summed E-state index contributed by atoms with van der Waals surface area (Å²) in [6.45, 7) is 3.71. The molecule has 0 saturated heterocycles. The topological polar surface area (TPSA) is 57.7 Å². The van der Waals surface area contributed by atoms with Gasteiger partial charge >= 0.3 is 0 Å². The van der Waals surface area contributed by atoms with Gasteiger partial charge in [-0.1, -0.05) is 30.3 Å². The highest BCUT2D eigenvalue weighted by Crippen LogP contribution is 2.33. The first-order chi connectivity index (χ1) is 13.1. The summed E-state index contributed by atoms with van der Waals surface area (Å²) in [6.07, 6.45) is 7.45. The van der Waals surface area contributed by atoms with E-state index in [9.17, 15) is 14.4 Å². The minimum atomic E-state index is -0.458. The normalized spacial score (nSPS) is 16.9. The molecule has 0 N–H and O–H groups in total. The van der Waals surface area contributed by atoms with Gasteiger partial charge in [-0.05, 0) is 42.9 Å². The van der Waals surface area contributed by atoms with Crippen LogP contribution in [0.4, 0.5) is 0 Å². The molecule has 2 aliphatic rings. The molecule has 140 valence electrons. The maximum atomic E-state index is 12.8. The van der Waals surface area contributed by atoms with Gasteiger partial charge in [-0.3, -0.25) is 14.4 Å². The lowest BCUT2D eigenvalue weighted by molar-refractivity contribution is -0.164. The number of alkyl halides is 1. The fourth-order valence-corrected chi connectivity index (χ4v) is 3.65. The fourth-order valence-electron chi connectivity index (χ4n) is 3.40. The van der Waals surface area contributed by atoms with Gasteiger partial charge < -0.3 is 0 Å². The molecular weight excluding hydrogens is 364 g/mol. The summed E-state index contributed by atoms with van der Waals surface area (Å²) in [6, 6.07) is 7.46. The minimum absolute atomic E-state index is 0.0678. The summed E-state index contributed by atoms with van der Waals surface area (Å²) in [7, 11) is 0. The van der Waals surface area contributed by atoms with Gasteiger partial charge in [0.25, 0.3) is 17.7 Å². The fraction of sp³-hybridized carbons (Fsp3) is 0.286. The van der Waals surface area contributed by atoms with Crippen LogP contribution in [0, 0.1) is 0 Å². The number of benzene rings is 1. The summed E-state index contributed by atoms with van der Waals surface area (Å²) in [5, 5.41) is 2.12. The third-order valence-corrected chi connectivity index (χ3v) is 5.06. The molecule has 3 amide bonds. The smallest absolute Gasteiger partial charge is 0.268 e. The zero-order valence-electron chi connectivity index (χ0n) is 15.0. The van der Waals surface area contributed by atoms with Crippen molar-refractivity contribution in [1.82, 2.24) is 10.0 Å². The minimum Gasteiger partial charge on any atom is -0.268 e. The van der Waals surface area contributed by atoms with Crippen LogP contribution in [0.15, 0.2) is 54.1 Å². The lowest BCUT2D eigenvalue weighted by Gasteiger charge is -2.28. The molecule has 1 aromatic carbocycles. The summed E-state index contributed by atoms with van der Waals surface area (Å²) in [5.74, 6) is -0.912. The Bertz CT molecular complexity index is 829. The second-order valence-electron chi connectivity index (χ2n) is 6.46. The average molecular weight is 385 g/mol. The molecule has 0 unspecified atom stereocenters. The number of amides is 3. The standard InChI is InChI=1S/C21H21ClN2O3/c1-2-13-23(19(25)12-11-15-7-3-4-8-16(15)14-22)24-20(26)17-9-5-6-10-18(17)21(24)27/h2-4,7-8,11-12H,1,5-6,9-10,13-14H2/b12-11+. The molecule has 27 heavy (non-hydrogen) atoms. The monoisotopic (exact) mass is 384 g/mol. The largest absolute Gasteiger partial charge is 0.276 e. The molecule has 1 aliphatic carbocycles. The number of rotatable bonds is 6.